The third kappa shape index (κ3) is 59.7. The fourth-order valence-electron chi connectivity index (χ4n) is 9.52. The van der Waals surface area contributed by atoms with Gasteiger partial charge in [0.15, 0.2) is 6.10 Å². The summed E-state index contributed by atoms with van der Waals surface area (Å²) in [5.74, 6) is -0.777. The molecule has 2 unspecified atom stereocenters. The number of phosphoric ester groups is 1. The largest absolute Gasteiger partial charge is 0.472 e. The lowest BCUT2D eigenvalue weighted by Crippen LogP contribution is -2.37. The summed E-state index contributed by atoms with van der Waals surface area (Å²) in [6, 6.07) is 0. The van der Waals surface area contributed by atoms with Crippen LogP contribution in [0.1, 0.15) is 322 Å². The molecule has 0 amide bonds. The van der Waals surface area contributed by atoms with Gasteiger partial charge in [-0.25, -0.2) is 4.57 Å². The number of carbonyl (C=O) groups excluding carboxylic acids is 2. The lowest BCUT2D eigenvalue weighted by molar-refractivity contribution is -0.870. The van der Waals surface area contributed by atoms with Crippen molar-refractivity contribution in [2.75, 3.05) is 47.5 Å². The molecule has 0 heterocycles. The van der Waals surface area contributed by atoms with Crippen molar-refractivity contribution in [2.24, 2.45) is 0 Å². The maximum atomic E-state index is 12.8. The van der Waals surface area contributed by atoms with E-state index in [9.17, 15) is 19.0 Å². The molecule has 0 saturated heterocycles. The van der Waals surface area contributed by atoms with Gasteiger partial charge in [-0.15, -0.1) is 0 Å². The number of hydrogen-bond acceptors (Lipinski definition) is 7. The van der Waals surface area contributed by atoms with E-state index in [0.717, 1.165) is 38.5 Å². The van der Waals surface area contributed by atoms with E-state index >= 15 is 0 Å². The van der Waals surface area contributed by atoms with Gasteiger partial charge in [-0.2, -0.15) is 0 Å². The van der Waals surface area contributed by atoms with Crippen LogP contribution >= 0.6 is 7.82 Å². The van der Waals surface area contributed by atoms with E-state index in [4.69, 9.17) is 18.5 Å². The molecule has 0 rings (SSSR count). The van der Waals surface area contributed by atoms with Gasteiger partial charge in [0.25, 0.3) is 0 Å². The molecule has 0 bridgehead atoms. The van der Waals surface area contributed by atoms with Crippen LogP contribution in [0.2, 0.25) is 0 Å². The number of ether oxygens (including phenoxy) is 2. The van der Waals surface area contributed by atoms with Crippen LogP contribution in [-0.2, 0) is 32.7 Å². The van der Waals surface area contributed by atoms with Gasteiger partial charge in [-0.3, -0.25) is 18.6 Å². The van der Waals surface area contributed by atoms with E-state index < -0.39 is 26.5 Å². The predicted octanol–water partition coefficient (Wildman–Crippen LogP) is 20.2. The number of nitrogens with zero attached hydrogens (tertiary/aromatic N) is 1. The van der Waals surface area contributed by atoms with E-state index in [0.29, 0.717) is 23.9 Å². The predicted molar refractivity (Wildman–Crippen MR) is 317 cm³/mol. The molecule has 0 aromatic rings. The third-order valence-corrected chi connectivity index (χ3v) is 15.5. The molecular weight excluding hydrogens is 942 g/mol. The molecular formula is C64H125NO8P+. The van der Waals surface area contributed by atoms with Crippen molar-refractivity contribution in [3.05, 3.63) is 24.3 Å². The highest BCUT2D eigenvalue weighted by molar-refractivity contribution is 7.47. The highest BCUT2D eigenvalue weighted by Gasteiger charge is 2.27. The zero-order chi connectivity index (χ0) is 54.2. The zero-order valence-corrected chi connectivity index (χ0v) is 50.8. The van der Waals surface area contributed by atoms with Gasteiger partial charge in [0.2, 0.25) is 0 Å². The van der Waals surface area contributed by atoms with Crippen LogP contribution in [0.4, 0.5) is 0 Å². The molecule has 0 spiro atoms. The fraction of sp³-hybridized carbons (Fsp3) is 0.906. The smallest absolute Gasteiger partial charge is 0.462 e. The van der Waals surface area contributed by atoms with Crippen molar-refractivity contribution in [3.63, 3.8) is 0 Å². The molecule has 9 nitrogen and oxygen atoms in total. The number of hydrogen-bond donors (Lipinski definition) is 1. The van der Waals surface area contributed by atoms with Crippen molar-refractivity contribution in [1.29, 1.82) is 0 Å². The minimum atomic E-state index is -4.38. The van der Waals surface area contributed by atoms with Gasteiger partial charge >= 0.3 is 19.8 Å². The summed E-state index contributed by atoms with van der Waals surface area (Å²) in [4.78, 5) is 35.8. The molecule has 1 N–H and O–H groups in total. The summed E-state index contributed by atoms with van der Waals surface area (Å²) in [5, 5.41) is 0. The molecule has 438 valence electrons. The molecule has 0 radical (unpaired) electrons. The van der Waals surface area contributed by atoms with Gasteiger partial charge < -0.3 is 18.9 Å². The van der Waals surface area contributed by atoms with Crippen LogP contribution < -0.4 is 0 Å². The second kappa shape index (κ2) is 56.2. The number of likely N-dealkylation sites (N-methyl/N-ethyl adjacent to an activating group) is 1. The number of unbranched alkanes of at least 4 members (excludes halogenated alkanes) is 42. The lowest BCUT2D eigenvalue weighted by atomic mass is 10.0. The Hall–Kier alpha value is -1.51. The maximum Gasteiger partial charge on any atom is 0.472 e. The summed E-state index contributed by atoms with van der Waals surface area (Å²) in [6.07, 6.45) is 68.3. The topological polar surface area (TPSA) is 108 Å². The first kappa shape index (κ1) is 72.5. The monoisotopic (exact) mass is 1070 g/mol. The first-order valence-corrected chi connectivity index (χ1v) is 33.6. The minimum Gasteiger partial charge on any atom is -0.462 e. The van der Waals surface area contributed by atoms with Gasteiger partial charge in [-0.1, -0.05) is 289 Å². The summed E-state index contributed by atoms with van der Waals surface area (Å²) in [5.41, 5.74) is 0. The molecule has 2 atom stereocenters. The molecule has 0 fully saturated rings. The summed E-state index contributed by atoms with van der Waals surface area (Å²) >= 11 is 0. The zero-order valence-electron chi connectivity index (χ0n) is 49.9. The van der Waals surface area contributed by atoms with E-state index in [-0.39, 0.29) is 25.6 Å². The van der Waals surface area contributed by atoms with Crippen molar-refractivity contribution < 1.29 is 42.1 Å². The van der Waals surface area contributed by atoms with E-state index in [1.807, 2.05) is 21.1 Å². The standard InChI is InChI=1S/C64H124NO8P/c1-6-8-10-12-14-16-18-20-22-24-26-28-30-31-32-33-35-37-39-41-43-45-47-49-51-53-55-57-64(67)73-62(61-72-74(68,69)71-59-58-65(3,4)5)60-70-63(66)56-54-52-50-48-46-44-42-40-38-36-34-29-27-25-23-21-19-17-15-13-11-9-7-2/h18,20,24,26,62H,6-17,19,21-23,25,27-61H2,1-5H3/p+1/b20-18-,26-24-. The first-order valence-electron chi connectivity index (χ1n) is 32.1. The Kier molecular flexibility index (Phi) is 55.1. The molecule has 10 heteroatoms. The molecule has 0 aromatic carbocycles. The van der Waals surface area contributed by atoms with Crippen molar-refractivity contribution >= 4 is 19.8 Å². The lowest BCUT2D eigenvalue weighted by Gasteiger charge is -2.24. The molecule has 0 aliphatic heterocycles. The Balaban J connectivity index is 4.06. The highest BCUT2D eigenvalue weighted by Crippen LogP contribution is 2.43. The Morgan fingerprint density at radius 3 is 1.07 bits per heavy atom. The van der Waals surface area contributed by atoms with E-state index in [1.165, 1.54) is 250 Å². The van der Waals surface area contributed by atoms with Gasteiger partial charge in [0.1, 0.15) is 19.8 Å². The number of carbonyl (C=O) groups is 2. The third-order valence-electron chi connectivity index (χ3n) is 14.5. The molecule has 0 saturated carbocycles. The van der Waals surface area contributed by atoms with E-state index in [2.05, 4.69) is 38.2 Å². The second-order valence-electron chi connectivity index (χ2n) is 23.2. The second-order valence-corrected chi connectivity index (χ2v) is 24.6. The number of phosphoric acid groups is 1. The quantitative estimate of drug-likeness (QED) is 0.0211. The number of allylic oxidation sites excluding steroid dienone is 4. The van der Waals surface area contributed by atoms with Crippen LogP contribution in [0.25, 0.3) is 0 Å². The number of quaternary nitrogens is 1. The van der Waals surface area contributed by atoms with Crippen molar-refractivity contribution in [2.45, 2.75) is 328 Å². The van der Waals surface area contributed by atoms with Crippen LogP contribution in [0, 0.1) is 0 Å². The number of esters is 2. The van der Waals surface area contributed by atoms with Gasteiger partial charge in [-0.05, 0) is 44.9 Å². The van der Waals surface area contributed by atoms with Crippen LogP contribution in [0.15, 0.2) is 24.3 Å². The Bertz CT molecular complexity index is 1300. The van der Waals surface area contributed by atoms with Crippen molar-refractivity contribution in [3.8, 4) is 0 Å². The normalized spacial score (nSPS) is 13.3. The van der Waals surface area contributed by atoms with Gasteiger partial charge in [0, 0.05) is 12.8 Å². The molecule has 0 aliphatic rings. The summed E-state index contributed by atoms with van der Waals surface area (Å²) in [7, 11) is 1.50. The minimum absolute atomic E-state index is 0.0350. The fourth-order valence-corrected chi connectivity index (χ4v) is 10.3. The molecule has 0 aliphatic carbocycles. The van der Waals surface area contributed by atoms with Crippen LogP contribution in [0.3, 0.4) is 0 Å². The van der Waals surface area contributed by atoms with Crippen LogP contribution in [0.5, 0.6) is 0 Å². The molecule has 0 aromatic heterocycles. The van der Waals surface area contributed by atoms with Crippen molar-refractivity contribution in [1.82, 2.24) is 0 Å². The average Bonchev–Trinajstić information content (AvgIpc) is 3.36. The number of rotatable bonds is 60. The Labute approximate surface area is 459 Å². The van der Waals surface area contributed by atoms with Crippen LogP contribution in [-0.4, -0.2) is 74.9 Å². The summed E-state index contributed by atoms with van der Waals surface area (Å²) in [6.45, 7) is 4.49. The first-order chi connectivity index (χ1) is 36.0. The average molecular weight is 1070 g/mol. The maximum absolute atomic E-state index is 12.8. The highest BCUT2D eigenvalue weighted by atomic mass is 31.2. The van der Waals surface area contributed by atoms with Gasteiger partial charge in [0.05, 0.1) is 27.7 Å². The Morgan fingerprint density at radius 2 is 0.730 bits per heavy atom. The van der Waals surface area contributed by atoms with E-state index in [1.54, 1.807) is 0 Å². The SMILES string of the molecule is CCCCCCC/C=C\C/C=C\CCCCCCCCCCCCCCCCCC(=O)OC(COC(=O)CCCCCCCCCCCCCCCCCCCCCCCCC)COP(=O)(O)OCC[N+](C)(C)C. The summed E-state index contributed by atoms with van der Waals surface area (Å²) < 4.78 is 34.7. The molecule has 74 heavy (non-hydrogen) atoms. The Morgan fingerprint density at radius 1 is 0.419 bits per heavy atom.